The molecule has 17 heavy (non-hydrogen) atoms. The summed E-state index contributed by atoms with van der Waals surface area (Å²) >= 11 is 1.40. The molecule has 0 fully saturated rings. The molecule has 0 bridgehead atoms. The molecule has 0 N–H and O–H groups in total. The van der Waals surface area contributed by atoms with Gasteiger partial charge in [-0.2, -0.15) is 13.2 Å². The van der Waals surface area contributed by atoms with E-state index in [4.69, 9.17) is 0 Å². The lowest BCUT2D eigenvalue weighted by Crippen LogP contribution is -2.19. The predicted molar refractivity (Wildman–Crippen MR) is 56.7 cm³/mol. The molecule has 0 saturated heterocycles. The van der Waals surface area contributed by atoms with E-state index >= 15 is 0 Å². The Morgan fingerprint density at radius 1 is 1.29 bits per heavy atom. The molecule has 2 rings (SSSR count). The maximum atomic E-state index is 12.2. The van der Waals surface area contributed by atoms with E-state index in [2.05, 4.69) is 15.1 Å². The van der Waals surface area contributed by atoms with Crippen LogP contribution in [0, 0.1) is 13.8 Å². The molecule has 92 valence electrons. The van der Waals surface area contributed by atoms with Crippen LogP contribution in [0.15, 0.2) is 5.38 Å². The predicted octanol–water partition coefficient (Wildman–Crippen LogP) is 2.58. The van der Waals surface area contributed by atoms with Crippen molar-refractivity contribution in [1.82, 2.24) is 19.7 Å². The van der Waals surface area contributed by atoms with Crippen LogP contribution in [0.4, 0.5) is 13.2 Å². The molecule has 2 heterocycles. The Morgan fingerprint density at radius 3 is 2.53 bits per heavy atom. The van der Waals surface area contributed by atoms with Gasteiger partial charge in [-0.3, -0.25) is 0 Å². The van der Waals surface area contributed by atoms with Crippen molar-refractivity contribution < 1.29 is 13.2 Å². The normalized spacial score (nSPS) is 12.1. The summed E-state index contributed by atoms with van der Waals surface area (Å²) in [5, 5.41) is 6.36. The Balaban J connectivity index is 2.30. The highest BCUT2D eigenvalue weighted by Crippen LogP contribution is 2.21. The van der Waals surface area contributed by atoms with Crippen LogP contribution in [0.25, 0.3) is 11.5 Å². The zero-order chi connectivity index (χ0) is 12.6. The van der Waals surface area contributed by atoms with Crippen molar-refractivity contribution in [3.05, 3.63) is 16.2 Å². The van der Waals surface area contributed by atoms with E-state index in [1.54, 1.807) is 5.38 Å². The highest BCUT2D eigenvalue weighted by atomic mass is 32.1. The summed E-state index contributed by atoms with van der Waals surface area (Å²) in [6.45, 7) is 2.17. The van der Waals surface area contributed by atoms with Crippen LogP contribution in [0.2, 0.25) is 0 Å². The first kappa shape index (κ1) is 12.0. The number of thiazole rings is 1. The van der Waals surface area contributed by atoms with Gasteiger partial charge in [0.15, 0.2) is 0 Å². The second-order valence-corrected chi connectivity index (χ2v) is 4.57. The average molecular weight is 262 g/mol. The van der Waals surface area contributed by atoms with Crippen LogP contribution in [-0.2, 0) is 6.54 Å². The molecule has 0 unspecified atom stereocenters. The van der Waals surface area contributed by atoms with Gasteiger partial charge in [-0.15, -0.1) is 16.4 Å². The van der Waals surface area contributed by atoms with Gasteiger partial charge in [-0.05, 0) is 13.8 Å². The molecule has 0 aliphatic carbocycles. The minimum Gasteiger partial charge on any atom is -0.241 e. The number of aryl methyl sites for hydroxylation is 2. The first-order valence-corrected chi connectivity index (χ1v) is 5.64. The SMILES string of the molecule is Cc1nc(-c2nc(C)n(CC(F)(F)F)n2)cs1. The summed E-state index contributed by atoms with van der Waals surface area (Å²) in [4.78, 5) is 8.11. The number of aromatic nitrogens is 4. The van der Waals surface area contributed by atoms with Crippen LogP contribution in [0.1, 0.15) is 10.8 Å². The summed E-state index contributed by atoms with van der Waals surface area (Å²) in [7, 11) is 0. The van der Waals surface area contributed by atoms with E-state index < -0.39 is 12.7 Å². The van der Waals surface area contributed by atoms with Gasteiger partial charge in [-0.25, -0.2) is 14.6 Å². The van der Waals surface area contributed by atoms with Gasteiger partial charge >= 0.3 is 6.18 Å². The minimum absolute atomic E-state index is 0.225. The highest BCUT2D eigenvalue weighted by Gasteiger charge is 2.29. The van der Waals surface area contributed by atoms with Crippen molar-refractivity contribution in [2.75, 3.05) is 0 Å². The lowest BCUT2D eigenvalue weighted by atomic mass is 10.5. The monoisotopic (exact) mass is 262 g/mol. The van der Waals surface area contributed by atoms with Gasteiger partial charge in [0.1, 0.15) is 18.1 Å². The number of alkyl halides is 3. The lowest BCUT2D eigenvalue weighted by molar-refractivity contribution is -0.143. The molecule has 0 radical (unpaired) electrons. The van der Waals surface area contributed by atoms with Gasteiger partial charge in [0.25, 0.3) is 0 Å². The van der Waals surface area contributed by atoms with Gasteiger partial charge in [0.2, 0.25) is 5.82 Å². The second kappa shape index (κ2) is 4.10. The van der Waals surface area contributed by atoms with E-state index in [-0.39, 0.29) is 11.6 Å². The Hall–Kier alpha value is -1.44. The number of nitrogens with zero attached hydrogens (tertiary/aromatic N) is 4. The molecular weight excluding hydrogens is 253 g/mol. The molecule has 0 atom stereocenters. The largest absolute Gasteiger partial charge is 0.408 e. The number of rotatable bonds is 2. The second-order valence-electron chi connectivity index (χ2n) is 3.51. The molecule has 2 aromatic rings. The standard InChI is InChI=1S/C9H9F3N4S/c1-5-13-8(7-3-17-6(2)14-7)15-16(5)4-9(10,11)12/h3H,4H2,1-2H3. The molecule has 0 aliphatic heterocycles. The van der Waals surface area contributed by atoms with Crippen molar-refractivity contribution in [3.8, 4) is 11.5 Å². The maximum Gasteiger partial charge on any atom is 0.408 e. The topological polar surface area (TPSA) is 43.6 Å². The molecule has 0 amide bonds. The van der Waals surface area contributed by atoms with Crippen LogP contribution >= 0.6 is 11.3 Å². The summed E-state index contributed by atoms with van der Waals surface area (Å²) in [5.41, 5.74) is 0.511. The Morgan fingerprint density at radius 2 is 2.00 bits per heavy atom. The van der Waals surface area contributed by atoms with Gasteiger partial charge in [-0.1, -0.05) is 0 Å². The smallest absolute Gasteiger partial charge is 0.241 e. The minimum atomic E-state index is -4.30. The Kier molecular flexibility index (Phi) is 2.90. The average Bonchev–Trinajstić information content (AvgIpc) is 2.72. The molecule has 8 heteroatoms. The number of halogens is 3. The third-order valence-corrected chi connectivity index (χ3v) is 2.81. The van der Waals surface area contributed by atoms with Crippen molar-refractivity contribution in [3.63, 3.8) is 0 Å². The van der Waals surface area contributed by atoms with E-state index in [0.29, 0.717) is 5.69 Å². The summed E-state index contributed by atoms with van der Waals surface area (Å²) in [6, 6.07) is 0. The number of hydrogen-bond donors (Lipinski definition) is 0. The molecule has 0 aliphatic rings. The third-order valence-electron chi connectivity index (χ3n) is 2.03. The van der Waals surface area contributed by atoms with Crippen LogP contribution < -0.4 is 0 Å². The maximum absolute atomic E-state index is 12.2. The molecule has 0 aromatic carbocycles. The fourth-order valence-electron chi connectivity index (χ4n) is 1.31. The summed E-state index contributed by atoms with van der Waals surface area (Å²) in [6.07, 6.45) is -4.30. The Bertz CT molecular complexity index is 529. The Labute approximate surface area is 99.1 Å². The van der Waals surface area contributed by atoms with Crippen LogP contribution in [-0.4, -0.2) is 25.9 Å². The summed E-state index contributed by atoms with van der Waals surface area (Å²) in [5.74, 6) is 0.457. The molecule has 0 spiro atoms. The van der Waals surface area contributed by atoms with Gasteiger partial charge in [0, 0.05) is 5.38 Å². The van der Waals surface area contributed by atoms with E-state index in [1.807, 2.05) is 6.92 Å². The first-order chi connectivity index (χ1) is 7.85. The fraction of sp³-hybridized carbons (Fsp3) is 0.444. The van der Waals surface area contributed by atoms with E-state index in [0.717, 1.165) is 9.69 Å². The van der Waals surface area contributed by atoms with Gasteiger partial charge < -0.3 is 0 Å². The fourth-order valence-corrected chi connectivity index (χ4v) is 1.91. The molecule has 4 nitrogen and oxygen atoms in total. The van der Waals surface area contributed by atoms with Crippen LogP contribution in [0.3, 0.4) is 0 Å². The van der Waals surface area contributed by atoms with Gasteiger partial charge in [0.05, 0.1) is 5.01 Å². The number of hydrogen-bond acceptors (Lipinski definition) is 4. The van der Waals surface area contributed by atoms with Crippen molar-refractivity contribution in [2.45, 2.75) is 26.6 Å². The van der Waals surface area contributed by atoms with Crippen molar-refractivity contribution >= 4 is 11.3 Å². The quantitative estimate of drug-likeness (QED) is 0.835. The van der Waals surface area contributed by atoms with E-state index in [9.17, 15) is 13.2 Å². The molecular formula is C9H9F3N4S. The summed E-state index contributed by atoms with van der Waals surface area (Å²) < 4.78 is 37.5. The first-order valence-electron chi connectivity index (χ1n) is 4.76. The van der Waals surface area contributed by atoms with Crippen molar-refractivity contribution in [1.29, 1.82) is 0 Å². The zero-order valence-corrected chi connectivity index (χ0v) is 9.93. The zero-order valence-electron chi connectivity index (χ0n) is 9.12. The molecule has 0 saturated carbocycles. The van der Waals surface area contributed by atoms with Crippen LogP contribution in [0.5, 0.6) is 0 Å². The molecule has 2 aromatic heterocycles. The van der Waals surface area contributed by atoms with E-state index in [1.165, 1.54) is 18.3 Å². The lowest BCUT2D eigenvalue weighted by Gasteiger charge is -2.06. The third kappa shape index (κ3) is 2.82. The van der Waals surface area contributed by atoms with Crippen molar-refractivity contribution in [2.24, 2.45) is 0 Å². The highest BCUT2D eigenvalue weighted by molar-refractivity contribution is 7.09.